The van der Waals surface area contributed by atoms with Crippen molar-refractivity contribution in [1.82, 2.24) is 19.7 Å². The van der Waals surface area contributed by atoms with Crippen LogP contribution in [0.2, 0.25) is 0 Å². The van der Waals surface area contributed by atoms with Gasteiger partial charge in [0.1, 0.15) is 5.75 Å². The monoisotopic (exact) mass is 460 g/mol. The highest BCUT2D eigenvalue weighted by Crippen LogP contribution is 2.22. The maximum atomic E-state index is 12.5. The Kier molecular flexibility index (Phi) is 5.06. The van der Waals surface area contributed by atoms with Gasteiger partial charge < -0.3 is 13.7 Å². The fraction of sp³-hybridized carbons (Fsp3) is 0.200. The standard InChI is InChI=1S/C15H11F2IN4O3/c1-24-10-4-11(18)15(23)22(7-10)6-9-3-2-8(5-19-9)13-20-21-14(25-13)12(16)17/h2-5,7,12H,6H2,1H3. The van der Waals surface area contributed by atoms with Gasteiger partial charge in [0.05, 0.1) is 28.5 Å². The van der Waals surface area contributed by atoms with Crippen molar-refractivity contribution in [2.75, 3.05) is 7.11 Å². The van der Waals surface area contributed by atoms with Crippen molar-refractivity contribution < 1.29 is 17.9 Å². The Balaban J connectivity index is 1.83. The van der Waals surface area contributed by atoms with Gasteiger partial charge in [0.15, 0.2) is 0 Å². The molecule has 0 aliphatic rings. The molecule has 0 saturated heterocycles. The van der Waals surface area contributed by atoms with Gasteiger partial charge in [-0.3, -0.25) is 9.78 Å². The van der Waals surface area contributed by atoms with Crippen LogP contribution in [0.4, 0.5) is 8.78 Å². The Morgan fingerprint density at radius 1 is 1.36 bits per heavy atom. The fourth-order valence-electron chi connectivity index (χ4n) is 2.06. The number of rotatable bonds is 5. The zero-order chi connectivity index (χ0) is 18.0. The average Bonchev–Trinajstić information content (AvgIpc) is 3.09. The van der Waals surface area contributed by atoms with Gasteiger partial charge in [-0.25, -0.2) is 0 Å². The molecular formula is C15H11F2IN4O3. The summed E-state index contributed by atoms with van der Waals surface area (Å²) < 4.78 is 37.0. The number of hydrogen-bond donors (Lipinski definition) is 0. The first kappa shape index (κ1) is 17.5. The molecule has 10 heteroatoms. The van der Waals surface area contributed by atoms with Gasteiger partial charge in [-0.05, 0) is 34.7 Å². The van der Waals surface area contributed by atoms with Crippen molar-refractivity contribution in [3.63, 3.8) is 0 Å². The Bertz CT molecular complexity index is 941. The van der Waals surface area contributed by atoms with Crippen LogP contribution >= 0.6 is 22.6 Å². The second kappa shape index (κ2) is 7.25. The number of aromatic nitrogens is 4. The number of halogens is 3. The lowest BCUT2D eigenvalue weighted by Crippen LogP contribution is -2.23. The molecule has 0 bridgehead atoms. The normalized spacial score (nSPS) is 11.1. The first-order chi connectivity index (χ1) is 12.0. The van der Waals surface area contributed by atoms with Crippen LogP contribution in [-0.2, 0) is 6.54 Å². The minimum absolute atomic E-state index is 0.0394. The summed E-state index contributed by atoms with van der Waals surface area (Å²) in [5.74, 6) is -0.218. The maximum absolute atomic E-state index is 12.5. The summed E-state index contributed by atoms with van der Waals surface area (Å²) in [5, 5.41) is 6.83. The maximum Gasteiger partial charge on any atom is 0.314 e. The van der Waals surface area contributed by atoms with Crippen molar-refractivity contribution in [2.24, 2.45) is 0 Å². The van der Waals surface area contributed by atoms with Crippen molar-refractivity contribution in [1.29, 1.82) is 0 Å². The number of alkyl halides is 2. The van der Waals surface area contributed by atoms with Crippen LogP contribution < -0.4 is 10.3 Å². The Hall–Kier alpha value is -2.37. The van der Waals surface area contributed by atoms with Crippen LogP contribution in [-0.4, -0.2) is 26.9 Å². The van der Waals surface area contributed by atoms with E-state index in [1.54, 1.807) is 24.4 Å². The van der Waals surface area contributed by atoms with E-state index in [4.69, 9.17) is 9.15 Å². The van der Waals surface area contributed by atoms with E-state index in [1.165, 1.54) is 17.9 Å². The van der Waals surface area contributed by atoms with E-state index >= 15 is 0 Å². The molecule has 0 N–H and O–H groups in total. The van der Waals surface area contributed by atoms with E-state index in [1.807, 2.05) is 22.6 Å². The predicted molar refractivity (Wildman–Crippen MR) is 91.6 cm³/mol. The predicted octanol–water partition coefficient (Wildman–Crippen LogP) is 2.89. The number of hydrogen-bond acceptors (Lipinski definition) is 6. The van der Waals surface area contributed by atoms with Crippen molar-refractivity contribution in [3.8, 4) is 17.2 Å². The summed E-state index contributed by atoms with van der Waals surface area (Å²) in [6.07, 6.45) is 0.192. The quantitative estimate of drug-likeness (QED) is 0.545. The van der Waals surface area contributed by atoms with E-state index in [9.17, 15) is 13.6 Å². The first-order valence-electron chi connectivity index (χ1n) is 6.98. The summed E-state index contributed by atoms with van der Waals surface area (Å²) in [6.45, 7) is 0.235. The third-order valence-corrected chi connectivity index (χ3v) is 4.06. The third kappa shape index (κ3) is 3.83. The molecule has 0 spiro atoms. The first-order valence-corrected chi connectivity index (χ1v) is 8.06. The molecule has 0 saturated carbocycles. The Labute approximate surface area is 153 Å². The lowest BCUT2D eigenvalue weighted by Gasteiger charge is -2.08. The highest BCUT2D eigenvalue weighted by Gasteiger charge is 2.17. The molecule has 0 radical (unpaired) electrons. The second-order valence-electron chi connectivity index (χ2n) is 4.95. The highest BCUT2D eigenvalue weighted by atomic mass is 127. The molecule has 0 amide bonds. The molecule has 0 atom stereocenters. The van der Waals surface area contributed by atoms with E-state index in [-0.39, 0.29) is 18.0 Å². The summed E-state index contributed by atoms with van der Waals surface area (Å²) in [4.78, 5) is 16.4. The van der Waals surface area contributed by atoms with E-state index < -0.39 is 12.3 Å². The van der Waals surface area contributed by atoms with Crippen LogP contribution in [0.3, 0.4) is 0 Å². The van der Waals surface area contributed by atoms with Crippen molar-refractivity contribution >= 4 is 22.6 Å². The molecule has 3 rings (SSSR count). The van der Waals surface area contributed by atoms with Crippen LogP contribution in [0.5, 0.6) is 5.75 Å². The Morgan fingerprint density at radius 3 is 2.76 bits per heavy atom. The molecule has 0 unspecified atom stereocenters. The van der Waals surface area contributed by atoms with Gasteiger partial charge in [0.2, 0.25) is 5.89 Å². The van der Waals surface area contributed by atoms with Crippen molar-refractivity contribution in [3.05, 3.63) is 56.1 Å². The summed E-state index contributed by atoms with van der Waals surface area (Å²) in [6, 6.07) is 4.91. The molecule has 0 aliphatic heterocycles. The molecule has 7 nitrogen and oxygen atoms in total. The van der Waals surface area contributed by atoms with Gasteiger partial charge in [0, 0.05) is 18.5 Å². The zero-order valence-electron chi connectivity index (χ0n) is 12.8. The number of pyridine rings is 2. The van der Waals surface area contributed by atoms with Crippen molar-refractivity contribution in [2.45, 2.75) is 13.0 Å². The summed E-state index contributed by atoms with van der Waals surface area (Å²) in [7, 11) is 1.52. The molecule has 130 valence electrons. The lowest BCUT2D eigenvalue weighted by atomic mass is 10.2. The lowest BCUT2D eigenvalue weighted by molar-refractivity contribution is 0.116. The van der Waals surface area contributed by atoms with Gasteiger partial charge in [-0.1, -0.05) is 0 Å². The molecule has 0 aromatic carbocycles. The van der Waals surface area contributed by atoms with Crippen LogP contribution in [0.25, 0.3) is 11.5 Å². The van der Waals surface area contributed by atoms with Crippen LogP contribution in [0, 0.1) is 3.57 Å². The van der Waals surface area contributed by atoms with Crippen LogP contribution in [0.15, 0.2) is 39.8 Å². The van der Waals surface area contributed by atoms with E-state index in [2.05, 4.69) is 15.2 Å². The molecular weight excluding hydrogens is 449 g/mol. The SMILES string of the molecule is COc1cc(I)c(=O)n(Cc2ccc(-c3nnc(C(F)F)o3)cn2)c1. The molecule has 3 heterocycles. The summed E-state index contributed by atoms with van der Waals surface area (Å²) >= 11 is 1.94. The third-order valence-electron chi connectivity index (χ3n) is 3.28. The van der Waals surface area contributed by atoms with Gasteiger partial charge in [-0.2, -0.15) is 8.78 Å². The molecule has 25 heavy (non-hydrogen) atoms. The fourth-order valence-corrected chi connectivity index (χ4v) is 2.68. The number of ether oxygens (including phenoxy) is 1. The van der Waals surface area contributed by atoms with E-state index in [0.717, 1.165) is 0 Å². The van der Waals surface area contributed by atoms with Gasteiger partial charge in [0.25, 0.3) is 11.4 Å². The Morgan fingerprint density at radius 2 is 2.16 bits per heavy atom. The van der Waals surface area contributed by atoms with E-state index in [0.29, 0.717) is 20.6 Å². The second-order valence-corrected chi connectivity index (χ2v) is 6.11. The summed E-state index contributed by atoms with van der Waals surface area (Å²) in [5.41, 5.74) is 0.852. The molecule has 3 aromatic rings. The zero-order valence-corrected chi connectivity index (χ0v) is 15.0. The molecule has 3 aromatic heterocycles. The topological polar surface area (TPSA) is 83.0 Å². The highest BCUT2D eigenvalue weighted by molar-refractivity contribution is 14.1. The smallest absolute Gasteiger partial charge is 0.314 e. The van der Waals surface area contributed by atoms with Gasteiger partial charge in [-0.15, -0.1) is 10.2 Å². The molecule has 0 fully saturated rings. The largest absolute Gasteiger partial charge is 0.495 e. The van der Waals surface area contributed by atoms with Crippen LogP contribution in [0.1, 0.15) is 18.0 Å². The minimum atomic E-state index is -2.82. The average molecular weight is 460 g/mol. The number of methoxy groups -OCH3 is 1. The minimum Gasteiger partial charge on any atom is -0.495 e. The van der Waals surface area contributed by atoms with Gasteiger partial charge >= 0.3 is 6.43 Å². The number of nitrogens with zero attached hydrogens (tertiary/aromatic N) is 4. The molecule has 0 aliphatic carbocycles.